The number of nitrogens with two attached hydrogens (primary N) is 1. The van der Waals surface area contributed by atoms with E-state index in [0.29, 0.717) is 17.7 Å². The highest BCUT2D eigenvalue weighted by Crippen LogP contribution is 2.17. The molecule has 5 nitrogen and oxygen atoms in total. The fourth-order valence-electron chi connectivity index (χ4n) is 2.55. The number of terminal acetylenes is 1. The van der Waals surface area contributed by atoms with Crippen molar-refractivity contribution >= 4 is 41.5 Å². The van der Waals surface area contributed by atoms with Crippen LogP contribution in [-0.4, -0.2) is 24.5 Å². The lowest BCUT2D eigenvalue weighted by Gasteiger charge is -2.23. The van der Waals surface area contributed by atoms with Gasteiger partial charge in [-0.3, -0.25) is 4.79 Å². The molecule has 0 unspecified atom stereocenters. The standard InChI is InChI=1S/C17H22N4O.HI/c1-2-13-7-6-10-15(11-13)20-16(22)12-19-17(18)21-14-8-4-3-5-9-14;/h1,6-7,10-11,14H,3-5,8-9,12H2,(H,20,22)(H3,18,19,21);1H. The molecule has 1 amide bonds. The monoisotopic (exact) mass is 426 g/mol. The molecule has 0 heterocycles. The molecule has 2 rings (SSSR count). The molecule has 1 saturated carbocycles. The van der Waals surface area contributed by atoms with Crippen molar-refractivity contribution in [3.05, 3.63) is 29.8 Å². The molecule has 0 bridgehead atoms. The Hall–Kier alpha value is -1.75. The van der Waals surface area contributed by atoms with Crippen LogP contribution in [0.3, 0.4) is 0 Å². The van der Waals surface area contributed by atoms with Crippen molar-refractivity contribution in [2.24, 2.45) is 10.7 Å². The van der Waals surface area contributed by atoms with Crippen LogP contribution in [0.2, 0.25) is 0 Å². The third-order valence-corrected chi connectivity index (χ3v) is 3.66. The molecule has 0 spiro atoms. The third-order valence-electron chi connectivity index (χ3n) is 3.66. The molecule has 1 aromatic carbocycles. The fourth-order valence-corrected chi connectivity index (χ4v) is 2.55. The largest absolute Gasteiger partial charge is 0.370 e. The van der Waals surface area contributed by atoms with Crippen molar-refractivity contribution in [1.82, 2.24) is 5.32 Å². The van der Waals surface area contributed by atoms with Gasteiger partial charge in [0, 0.05) is 17.3 Å². The number of anilines is 1. The topological polar surface area (TPSA) is 79.5 Å². The van der Waals surface area contributed by atoms with Gasteiger partial charge in [-0.05, 0) is 31.0 Å². The van der Waals surface area contributed by atoms with Crippen molar-refractivity contribution in [1.29, 1.82) is 0 Å². The second kappa shape index (κ2) is 10.1. The molecular weight excluding hydrogens is 403 g/mol. The fraction of sp³-hybridized carbons (Fsp3) is 0.412. The van der Waals surface area contributed by atoms with Crippen LogP contribution in [0, 0.1) is 12.3 Å². The predicted molar refractivity (Wildman–Crippen MR) is 105 cm³/mol. The molecule has 0 radical (unpaired) electrons. The third kappa shape index (κ3) is 6.91. The molecule has 23 heavy (non-hydrogen) atoms. The summed E-state index contributed by atoms with van der Waals surface area (Å²) < 4.78 is 0. The number of nitrogens with zero attached hydrogens (tertiary/aromatic N) is 1. The molecule has 1 aromatic rings. The molecule has 1 aliphatic rings. The first-order chi connectivity index (χ1) is 10.7. The Morgan fingerprint density at radius 3 is 2.78 bits per heavy atom. The van der Waals surface area contributed by atoms with Crippen molar-refractivity contribution in [3.63, 3.8) is 0 Å². The summed E-state index contributed by atoms with van der Waals surface area (Å²) >= 11 is 0. The summed E-state index contributed by atoms with van der Waals surface area (Å²) in [5.41, 5.74) is 7.21. The minimum Gasteiger partial charge on any atom is -0.370 e. The van der Waals surface area contributed by atoms with E-state index in [9.17, 15) is 4.79 Å². The average Bonchev–Trinajstić information content (AvgIpc) is 2.54. The van der Waals surface area contributed by atoms with Gasteiger partial charge in [0.05, 0.1) is 0 Å². The zero-order chi connectivity index (χ0) is 15.8. The van der Waals surface area contributed by atoms with E-state index in [0.717, 1.165) is 18.4 Å². The maximum absolute atomic E-state index is 11.9. The highest BCUT2D eigenvalue weighted by molar-refractivity contribution is 14.0. The van der Waals surface area contributed by atoms with E-state index in [1.807, 2.05) is 0 Å². The van der Waals surface area contributed by atoms with Crippen LogP contribution >= 0.6 is 24.0 Å². The number of nitrogens with one attached hydrogen (secondary N) is 2. The van der Waals surface area contributed by atoms with Crippen molar-refractivity contribution in [3.8, 4) is 12.3 Å². The number of amides is 1. The van der Waals surface area contributed by atoms with E-state index in [1.54, 1.807) is 24.3 Å². The van der Waals surface area contributed by atoms with Gasteiger partial charge in [-0.1, -0.05) is 31.2 Å². The molecule has 6 heteroatoms. The number of benzene rings is 1. The van der Waals surface area contributed by atoms with Gasteiger partial charge in [-0.2, -0.15) is 0 Å². The van der Waals surface area contributed by atoms with Crippen LogP contribution in [0.5, 0.6) is 0 Å². The van der Waals surface area contributed by atoms with Gasteiger partial charge in [0.25, 0.3) is 0 Å². The van der Waals surface area contributed by atoms with Gasteiger partial charge in [0.15, 0.2) is 5.96 Å². The first-order valence-electron chi connectivity index (χ1n) is 7.60. The van der Waals surface area contributed by atoms with E-state index in [-0.39, 0.29) is 36.4 Å². The van der Waals surface area contributed by atoms with Crippen molar-refractivity contribution < 1.29 is 4.79 Å². The van der Waals surface area contributed by atoms with E-state index in [4.69, 9.17) is 12.2 Å². The van der Waals surface area contributed by atoms with Gasteiger partial charge >= 0.3 is 0 Å². The number of guanidine groups is 1. The zero-order valence-corrected chi connectivity index (χ0v) is 15.4. The summed E-state index contributed by atoms with van der Waals surface area (Å²) in [4.78, 5) is 15.9. The summed E-state index contributed by atoms with van der Waals surface area (Å²) in [6, 6.07) is 7.51. The van der Waals surface area contributed by atoms with Crippen molar-refractivity contribution in [2.75, 3.05) is 11.9 Å². The van der Waals surface area contributed by atoms with E-state index in [1.165, 1.54) is 19.3 Å². The first-order valence-corrected chi connectivity index (χ1v) is 7.60. The lowest BCUT2D eigenvalue weighted by atomic mass is 9.96. The lowest BCUT2D eigenvalue weighted by Crippen LogP contribution is -2.41. The minimum absolute atomic E-state index is 0. The Labute approximate surface area is 154 Å². The normalized spacial score (nSPS) is 15.2. The number of hydrogen-bond donors (Lipinski definition) is 3. The molecule has 0 aromatic heterocycles. The number of hydrogen-bond acceptors (Lipinski definition) is 2. The summed E-state index contributed by atoms with van der Waals surface area (Å²) in [5, 5.41) is 5.93. The van der Waals surface area contributed by atoms with Crippen LogP contribution in [-0.2, 0) is 4.79 Å². The Morgan fingerprint density at radius 2 is 2.09 bits per heavy atom. The number of rotatable bonds is 4. The van der Waals surface area contributed by atoms with E-state index >= 15 is 0 Å². The van der Waals surface area contributed by atoms with Crippen molar-refractivity contribution in [2.45, 2.75) is 38.1 Å². The van der Waals surface area contributed by atoms with Crippen LogP contribution in [0.1, 0.15) is 37.7 Å². The first kappa shape index (κ1) is 19.3. The Kier molecular flexibility index (Phi) is 8.48. The number of carbonyl (C=O) groups is 1. The average molecular weight is 426 g/mol. The highest BCUT2D eigenvalue weighted by Gasteiger charge is 2.13. The molecule has 0 aliphatic heterocycles. The minimum atomic E-state index is -0.220. The quantitative estimate of drug-likeness (QED) is 0.300. The zero-order valence-electron chi connectivity index (χ0n) is 13.0. The molecular formula is C17H23IN4O. The maximum atomic E-state index is 11.9. The van der Waals surface area contributed by atoms with Gasteiger partial charge < -0.3 is 16.4 Å². The Bertz CT molecular complexity index is 589. The second-order valence-corrected chi connectivity index (χ2v) is 5.45. The second-order valence-electron chi connectivity index (χ2n) is 5.45. The van der Waals surface area contributed by atoms with Crippen LogP contribution in [0.25, 0.3) is 0 Å². The van der Waals surface area contributed by atoms with Crippen LogP contribution < -0.4 is 16.4 Å². The Balaban J connectivity index is 0.00000264. The van der Waals surface area contributed by atoms with E-state index < -0.39 is 0 Å². The lowest BCUT2D eigenvalue weighted by molar-refractivity contribution is -0.114. The number of carbonyl (C=O) groups excluding carboxylic acids is 1. The molecule has 0 saturated heterocycles. The summed E-state index contributed by atoms with van der Waals surface area (Å²) in [6.45, 7) is -0.00810. The van der Waals surface area contributed by atoms with Crippen LogP contribution in [0.15, 0.2) is 29.3 Å². The van der Waals surface area contributed by atoms with Gasteiger partial charge in [-0.15, -0.1) is 30.4 Å². The summed E-state index contributed by atoms with van der Waals surface area (Å²) in [5.74, 6) is 2.64. The predicted octanol–water partition coefficient (Wildman–Crippen LogP) is 2.46. The van der Waals surface area contributed by atoms with Gasteiger partial charge in [-0.25, -0.2) is 4.99 Å². The molecule has 4 N–H and O–H groups in total. The van der Waals surface area contributed by atoms with E-state index in [2.05, 4.69) is 21.5 Å². The molecule has 1 aliphatic carbocycles. The van der Waals surface area contributed by atoms with Gasteiger partial charge in [0.1, 0.15) is 6.54 Å². The number of aliphatic imine (C=N–C) groups is 1. The van der Waals surface area contributed by atoms with Gasteiger partial charge in [0.2, 0.25) is 5.91 Å². The Morgan fingerprint density at radius 1 is 1.35 bits per heavy atom. The SMILES string of the molecule is C#Cc1cccc(NC(=O)CN=C(N)NC2CCCCC2)c1.I. The smallest absolute Gasteiger partial charge is 0.246 e. The summed E-state index contributed by atoms with van der Waals surface area (Å²) in [7, 11) is 0. The summed E-state index contributed by atoms with van der Waals surface area (Å²) in [6.07, 6.45) is 11.3. The highest BCUT2D eigenvalue weighted by atomic mass is 127. The molecule has 124 valence electrons. The number of halogens is 1. The molecule has 1 fully saturated rings. The molecule has 0 atom stereocenters. The van der Waals surface area contributed by atoms with Crippen LogP contribution in [0.4, 0.5) is 5.69 Å². The maximum Gasteiger partial charge on any atom is 0.246 e.